The Morgan fingerprint density at radius 1 is 0.451 bits per heavy atom. The Hall–Kier alpha value is -5.44. The molecule has 2 heteroatoms. The van der Waals surface area contributed by atoms with Crippen LogP contribution in [0.5, 0.6) is 0 Å². The van der Waals surface area contributed by atoms with E-state index in [4.69, 9.17) is 0 Å². The van der Waals surface area contributed by atoms with Gasteiger partial charge < -0.3 is 4.90 Å². The highest BCUT2D eigenvalue weighted by molar-refractivity contribution is 7.05. The molecule has 0 bridgehead atoms. The zero-order chi connectivity index (χ0) is 33.9. The maximum atomic E-state index is 2.65. The Morgan fingerprint density at radius 3 is 1.53 bits per heavy atom. The van der Waals surface area contributed by atoms with Crippen LogP contribution in [0, 0.1) is 0 Å². The first-order chi connectivity index (χ1) is 25.1. The van der Waals surface area contributed by atoms with E-state index in [0.29, 0.717) is 0 Å². The summed E-state index contributed by atoms with van der Waals surface area (Å²) in [5, 5.41) is 11.1. The molecule has 1 fully saturated rings. The van der Waals surface area contributed by atoms with Crippen molar-refractivity contribution in [3.05, 3.63) is 163 Å². The van der Waals surface area contributed by atoms with Crippen LogP contribution in [0.3, 0.4) is 0 Å². The van der Waals surface area contributed by atoms with Crippen molar-refractivity contribution in [2.75, 3.05) is 4.90 Å². The predicted octanol–water partition coefficient (Wildman–Crippen LogP) is 12.3. The number of hydrogen-bond acceptors (Lipinski definition) is 1. The molecule has 1 saturated heterocycles. The summed E-state index contributed by atoms with van der Waals surface area (Å²) in [7, 11) is -1.86. The number of hydrogen-bond donors (Lipinski definition) is 0. The van der Waals surface area contributed by atoms with E-state index in [1.165, 1.54) is 108 Å². The zero-order valence-electron chi connectivity index (χ0n) is 29.2. The molecule has 8 aromatic carbocycles. The fraction of sp³-hybridized carbons (Fsp3) is 0.143. The normalized spacial score (nSPS) is 16.4. The molecule has 0 amide bonds. The molecule has 2 aliphatic heterocycles. The van der Waals surface area contributed by atoms with Crippen LogP contribution < -0.4 is 15.3 Å². The number of rotatable bonds is 2. The topological polar surface area (TPSA) is 3.24 Å². The van der Waals surface area contributed by atoms with E-state index in [-0.39, 0.29) is 5.41 Å². The first kappa shape index (κ1) is 29.3. The smallest absolute Gasteiger partial charge is 0.123 e. The van der Waals surface area contributed by atoms with Gasteiger partial charge in [-0.2, -0.15) is 0 Å². The standard InChI is InChI=1S/C49H39NSi/c1-49(2)40-24-10-9-23-38(40)47-33-18-4-3-17-32(33)39(31-41(47)49)46-34-19-5-7-21-36(34)48(37-22-8-6-20-35(37)46)50-42-25-11-13-27-44(42)51(29-15-16-30-51)45-28-14-12-26-43(45)50/h3-14,17-28,31H,15-16,29-30H2,1-2H3. The van der Waals surface area contributed by atoms with Crippen LogP contribution in [0.4, 0.5) is 17.1 Å². The SMILES string of the molecule is CC1(C)c2ccccc2-c2c1cc(-c1c3ccccc3c(N3c4ccccc4[Si]4(CCCC4)c4ccccc43)c3ccccc13)c1ccccc21. The van der Waals surface area contributed by atoms with Crippen LogP contribution in [0.2, 0.25) is 12.1 Å². The van der Waals surface area contributed by atoms with Gasteiger partial charge in [0.05, 0.1) is 5.69 Å². The highest BCUT2D eigenvalue weighted by Gasteiger charge is 2.47. The second kappa shape index (κ2) is 10.5. The Bertz CT molecular complexity index is 2640. The molecule has 3 aliphatic rings. The minimum absolute atomic E-state index is 0.0996. The molecule has 8 aromatic rings. The van der Waals surface area contributed by atoms with Gasteiger partial charge in [0.15, 0.2) is 0 Å². The van der Waals surface area contributed by atoms with Gasteiger partial charge in [-0.1, -0.05) is 160 Å². The predicted molar refractivity (Wildman–Crippen MR) is 221 cm³/mol. The summed E-state index contributed by atoms with van der Waals surface area (Å²) in [6, 6.07) is 60.7. The van der Waals surface area contributed by atoms with Crippen molar-refractivity contribution in [2.45, 2.75) is 44.2 Å². The summed E-state index contributed by atoms with van der Waals surface area (Å²) in [5.74, 6) is 0. The number of benzene rings is 8. The third-order valence-corrected chi connectivity index (χ3v) is 18.1. The molecule has 51 heavy (non-hydrogen) atoms. The second-order valence-electron chi connectivity index (χ2n) is 15.5. The molecule has 0 atom stereocenters. The van der Waals surface area contributed by atoms with Crippen LogP contribution in [0.15, 0.2) is 152 Å². The number of fused-ring (bicyclic) bond motifs is 11. The fourth-order valence-corrected chi connectivity index (χ4v) is 16.1. The van der Waals surface area contributed by atoms with Gasteiger partial charge in [-0.15, -0.1) is 0 Å². The molecule has 0 N–H and O–H groups in total. The van der Waals surface area contributed by atoms with Gasteiger partial charge in [-0.25, -0.2) is 0 Å². The molecule has 0 aromatic heterocycles. The van der Waals surface area contributed by atoms with E-state index in [0.717, 1.165) is 0 Å². The Labute approximate surface area is 300 Å². The van der Waals surface area contributed by atoms with E-state index in [9.17, 15) is 0 Å². The fourth-order valence-electron chi connectivity index (χ4n) is 10.6. The molecule has 2 heterocycles. The maximum absolute atomic E-state index is 2.65. The molecule has 1 spiro atoms. The van der Waals surface area contributed by atoms with Gasteiger partial charge in [-0.3, -0.25) is 0 Å². The Balaban J connectivity index is 1.26. The monoisotopic (exact) mass is 669 g/mol. The van der Waals surface area contributed by atoms with Crippen molar-refractivity contribution in [2.24, 2.45) is 0 Å². The maximum Gasteiger partial charge on any atom is 0.123 e. The van der Waals surface area contributed by atoms with Gasteiger partial charge in [0.25, 0.3) is 0 Å². The summed E-state index contributed by atoms with van der Waals surface area (Å²) in [6.45, 7) is 4.81. The number of anilines is 3. The lowest BCUT2D eigenvalue weighted by atomic mass is 9.79. The van der Waals surface area contributed by atoms with Crippen LogP contribution in [-0.2, 0) is 5.41 Å². The highest BCUT2D eigenvalue weighted by atomic mass is 28.3. The van der Waals surface area contributed by atoms with Gasteiger partial charge in [0.1, 0.15) is 8.07 Å². The lowest BCUT2D eigenvalue weighted by Crippen LogP contribution is -2.60. The summed E-state index contributed by atoms with van der Waals surface area (Å²) in [6.07, 6.45) is 2.68. The largest absolute Gasteiger partial charge is 0.309 e. The number of nitrogens with zero attached hydrogens (tertiary/aromatic N) is 1. The van der Waals surface area contributed by atoms with Crippen molar-refractivity contribution >= 4 is 67.8 Å². The second-order valence-corrected chi connectivity index (χ2v) is 19.8. The van der Waals surface area contributed by atoms with Crippen LogP contribution in [0.1, 0.15) is 37.8 Å². The van der Waals surface area contributed by atoms with E-state index < -0.39 is 8.07 Å². The summed E-state index contributed by atoms with van der Waals surface area (Å²) in [4.78, 5) is 2.65. The molecule has 1 nitrogen and oxygen atoms in total. The lowest BCUT2D eigenvalue weighted by molar-refractivity contribution is 0.661. The summed E-state index contributed by atoms with van der Waals surface area (Å²) < 4.78 is 0. The molecule has 0 saturated carbocycles. The summed E-state index contributed by atoms with van der Waals surface area (Å²) in [5.41, 5.74) is 12.2. The van der Waals surface area contributed by atoms with Crippen LogP contribution in [-0.4, -0.2) is 8.07 Å². The van der Waals surface area contributed by atoms with Gasteiger partial charge >= 0.3 is 0 Å². The summed E-state index contributed by atoms with van der Waals surface area (Å²) >= 11 is 0. The average molecular weight is 670 g/mol. The van der Waals surface area contributed by atoms with E-state index >= 15 is 0 Å². The van der Waals surface area contributed by atoms with Crippen molar-refractivity contribution in [1.82, 2.24) is 0 Å². The average Bonchev–Trinajstić information content (AvgIpc) is 3.76. The quantitative estimate of drug-likeness (QED) is 0.131. The van der Waals surface area contributed by atoms with E-state index in [1.807, 2.05) is 0 Å². The molecular formula is C49H39NSi. The molecule has 0 unspecified atom stereocenters. The molecule has 1 aliphatic carbocycles. The van der Waals surface area contributed by atoms with Crippen molar-refractivity contribution in [1.29, 1.82) is 0 Å². The number of para-hydroxylation sites is 2. The van der Waals surface area contributed by atoms with Crippen molar-refractivity contribution in [3.8, 4) is 22.3 Å². The highest BCUT2D eigenvalue weighted by Crippen LogP contribution is 2.56. The van der Waals surface area contributed by atoms with E-state index in [2.05, 4.69) is 170 Å². The first-order valence-corrected chi connectivity index (χ1v) is 21.1. The zero-order valence-corrected chi connectivity index (χ0v) is 30.2. The molecule has 244 valence electrons. The van der Waals surface area contributed by atoms with Crippen molar-refractivity contribution in [3.63, 3.8) is 0 Å². The Morgan fingerprint density at radius 2 is 0.922 bits per heavy atom. The van der Waals surface area contributed by atoms with Gasteiger partial charge in [0, 0.05) is 27.6 Å². The Kier molecular flexibility index (Phi) is 6.06. The van der Waals surface area contributed by atoms with E-state index in [1.54, 1.807) is 10.4 Å². The van der Waals surface area contributed by atoms with Crippen molar-refractivity contribution < 1.29 is 0 Å². The van der Waals surface area contributed by atoms with Crippen LogP contribution in [0.25, 0.3) is 54.6 Å². The third kappa shape index (κ3) is 3.81. The van der Waals surface area contributed by atoms with Crippen LogP contribution >= 0.6 is 0 Å². The molecule has 11 rings (SSSR count). The molecular weight excluding hydrogens is 631 g/mol. The third-order valence-electron chi connectivity index (χ3n) is 12.8. The lowest BCUT2D eigenvalue weighted by Gasteiger charge is -2.43. The van der Waals surface area contributed by atoms with Gasteiger partial charge in [-0.05, 0) is 95.6 Å². The molecule has 0 radical (unpaired) electrons. The first-order valence-electron chi connectivity index (χ1n) is 18.7. The minimum Gasteiger partial charge on any atom is -0.309 e. The minimum atomic E-state index is -1.86. The van der Waals surface area contributed by atoms with Gasteiger partial charge in [0.2, 0.25) is 0 Å².